The smallest absolute Gasteiger partial charge is 0.223 e. The van der Waals surface area contributed by atoms with Gasteiger partial charge in [0.05, 0.1) is 11.9 Å². The molecule has 0 atom stereocenters. The van der Waals surface area contributed by atoms with Crippen LogP contribution in [0.4, 0.5) is 0 Å². The van der Waals surface area contributed by atoms with Gasteiger partial charge in [0.25, 0.3) is 10.0 Å². The zero-order valence-electron chi connectivity index (χ0n) is 9.58. The Balaban J connectivity index is 2.70. The van der Waals surface area contributed by atoms with Crippen molar-refractivity contribution in [3.05, 3.63) is 41.6 Å². The Labute approximate surface area is 99.9 Å². The molecule has 90 valence electrons. The fourth-order valence-corrected chi connectivity index (χ4v) is 2.27. The predicted octanol–water partition coefficient (Wildman–Crippen LogP) is 1.14. The first-order chi connectivity index (χ1) is 7.89. The monoisotopic (exact) mass is 251 g/mol. The molecule has 0 saturated carbocycles. The molecule has 0 aliphatic carbocycles. The average Bonchev–Trinajstić information content (AvgIpc) is 2.69. The van der Waals surface area contributed by atoms with Gasteiger partial charge in [-0.2, -0.15) is 5.10 Å². The Bertz CT molecular complexity index is 659. The number of primary sulfonamides is 1. The van der Waals surface area contributed by atoms with Crippen molar-refractivity contribution in [2.24, 2.45) is 5.14 Å². The maximum absolute atomic E-state index is 11.4. The summed E-state index contributed by atoms with van der Waals surface area (Å²) in [4.78, 5) is 0. The van der Waals surface area contributed by atoms with Gasteiger partial charge in [-0.25, -0.2) is 18.2 Å². The molecule has 0 aliphatic heterocycles. The molecule has 2 N–H and O–H groups in total. The summed E-state index contributed by atoms with van der Waals surface area (Å²) in [5, 5.41) is 9.14. The zero-order valence-corrected chi connectivity index (χ0v) is 10.4. The van der Waals surface area contributed by atoms with Crippen molar-refractivity contribution < 1.29 is 8.42 Å². The van der Waals surface area contributed by atoms with Crippen molar-refractivity contribution in [3.8, 4) is 5.69 Å². The lowest BCUT2D eigenvalue weighted by molar-refractivity contribution is 0.587. The van der Waals surface area contributed by atoms with E-state index in [1.165, 1.54) is 16.9 Å². The molecule has 0 amide bonds. The van der Waals surface area contributed by atoms with Crippen LogP contribution in [0.3, 0.4) is 0 Å². The van der Waals surface area contributed by atoms with Crippen LogP contribution in [0.15, 0.2) is 35.5 Å². The van der Waals surface area contributed by atoms with Crippen LogP contribution in [0.25, 0.3) is 5.69 Å². The Morgan fingerprint density at radius 2 is 1.94 bits per heavy atom. The average molecular weight is 251 g/mol. The highest BCUT2D eigenvalue weighted by Crippen LogP contribution is 2.18. The van der Waals surface area contributed by atoms with E-state index in [4.69, 9.17) is 5.14 Å². The summed E-state index contributed by atoms with van der Waals surface area (Å²) in [7, 11) is -3.77. The van der Waals surface area contributed by atoms with Crippen molar-refractivity contribution in [1.29, 1.82) is 0 Å². The Hall–Kier alpha value is -1.66. The highest BCUT2D eigenvalue weighted by molar-refractivity contribution is 7.89. The van der Waals surface area contributed by atoms with Gasteiger partial charge in [0.1, 0.15) is 0 Å². The number of rotatable bonds is 2. The van der Waals surface area contributed by atoms with Crippen LogP contribution in [0.5, 0.6) is 0 Å². The SMILES string of the molecule is Cc1ccc(C)c(-n2nccc2S(N)(=O)=O)c1. The number of nitrogens with two attached hydrogens (primary N) is 1. The van der Waals surface area contributed by atoms with E-state index in [-0.39, 0.29) is 5.03 Å². The molecule has 5 nitrogen and oxygen atoms in total. The fourth-order valence-electron chi connectivity index (χ4n) is 1.64. The van der Waals surface area contributed by atoms with Gasteiger partial charge in [0.2, 0.25) is 0 Å². The number of hydrogen-bond donors (Lipinski definition) is 1. The van der Waals surface area contributed by atoms with E-state index < -0.39 is 10.0 Å². The summed E-state index contributed by atoms with van der Waals surface area (Å²) < 4.78 is 24.1. The maximum atomic E-state index is 11.4. The summed E-state index contributed by atoms with van der Waals surface area (Å²) in [6, 6.07) is 7.13. The minimum absolute atomic E-state index is 0.00815. The molecule has 6 heteroatoms. The van der Waals surface area contributed by atoms with E-state index in [1.54, 1.807) is 0 Å². The van der Waals surface area contributed by atoms with Crippen LogP contribution in [-0.4, -0.2) is 18.2 Å². The van der Waals surface area contributed by atoms with E-state index >= 15 is 0 Å². The van der Waals surface area contributed by atoms with Gasteiger partial charge in [-0.05, 0) is 37.1 Å². The van der Waals surface area contributed by atoms with Crippen molar-refractivity contribution in [2.75, 3.05) is 0 Å². The first-order valence-electron chi connectivity index (χ1n) is 5.04. The molecule has 1 heterocycles. The van der Waals surface area contributed by atoms with Gasteiger partial charge in [0.15, 0.2) is 5.03 Å². The number of benzene rings is 1. The Morgan fingerprint density at radius 1 is 1.24 bits per heavy atom. The lowest BCUT2D eigenvalue weighted by Gasteiger charge is -2.09. The quantitative estimate of drug-likeness (QED) is 0.869. The third-order valence-electron chi connectivity index (χ3n) is 2.49. The van der Waals surface area contributed by atoms with Gasteiger partial charge in [-0.3, -0.25) is 0 Å². The molecule has 0 radical (unpaired) electrons. The second kappa shape index (κ2) is 3.97. The number of nitrogens with zero attached hydrogens (tertiary/aromatic N) is 2. The molecule has 2 rings (SSSR count). The second-order valence-electron chi connectivity index (χ2n) is 3.92. The lowest BCUT2D eigenvalue weighted by Crippen LogP contribution is -2.17. The van der Waals surface area contributed by atoms with E-state index in [0.717, 1.165) is 16.8 Å². The highest BCUT2D eigenvalue weighted by atomic mass is 32.2. The third kappa shape index (κ3) is 2.22. The molecule has 0 unspecified atom stereocenters. The van der Waals surface area contributed by atoms with Gasteiger partial charge in [0, 0.05) is 0 Å². The van der Waals surface area contributed by atoms with Crippen LogP contribution in [-0.2, 0) is 10.0 Å². The molecule has 0 saturated heterocycles. The van der Waals surface area contributed by atoms with Gasteiger partial charge >= 0.3 is 0 Å². The second-order valence-corrected chi connectivity index (χ2v) is 5.42. The summed E-state index contributed by atoms with van der Waals surface area (Å²) >= 11 is 0. The van der Waals surface area contributed by atoms with Crippen molar-refractivity contribution in [3.63, 3.8) is 0 Å². The normalized spacial score (nSPS) is 11.7. The van der Waals surface area contributed by atoms with Crippen LogP contribution in [0.2, 0.25) is 0 Å². The molecular weight excluding hydrogens is 238 g/mol. The van der Waals surface area contributed by atoms with Crippen molar-refractivity contribution >= 4 is 10.0 Å². The predicted molar refractivity (Wildman–Crippen MR) is 64.4 cm³/mol. The Kier molecular flexibility index (Phi) is 2.76. The maximum Gasteiger partial charge on any atom is 0.255 e. The highest BCUT2D eigenvalue weighted by Gasteiger charge is 2.16. The molecule has 1 aromatic carbocycles. The van der Waals surface area contributed by atoms with Crippen LogP contribution in [0, 0.1) is 13.8 Å². The largest absolute Gasteiger partial charge is 0.255 e. The number of hydrogen-bond acceptors (Lipinski definition) is 3. The fraction of sp³-hybridized carbons (Fsp3) is 0.182. The standard InChI is InChI=1S/C11H13N3O2S/c1-8-3-4-9(2)10(7-8)14-11(5-6-13-14)17(12,15)16/h3-7H,1-2H3,(H2,12,15,16). The molecule has 2 aromatic rings. The molecule has 0 aliphatic rings. The number of aromatic nitrogens is 2. The van der Waals surface area contributed by atoms with E-state index in [9.17, 15) is 8.42 Å². The van der Waals surface area contributed by atoms with E-state index in [2.05, 4.69) is 5.10 Å². The summed E-state index contributed by atoms with van der Waals surface area (Å²) in [6.45, 7) is 3.83. The van der Waals surface area contributed by atoms with Gasteiger partial charge in [-0.15, -0.1) is 0 Å². The van der Waals surface area contributed by atoms with Gasteiger partial charge in [-0.1, -0.05) is 12.1 Å². The van der Waals surface area contributed by atoms with Crippen LogP contribution in [0.1, 0.15) is 11.1 Å². The molecule has 0 fully saturated rings. The summed E-state index contributed by atoms with van der Waals surface area (Å²) in [6.07, 6.45) is 1.42. The first-order valence-corrected chi connectivity index (χ1v) is 6.58. The molecule has 0 bridgehead atoms. The van der Waals surface area contributed by atoms with Crippen LogP contribution >= 0.6 is 0 Å². The van der Waals surface area contributed by atoms with E-state index in [1.807, 2.05) is 32.0 Å². The molecule has 17 heavy (non-hydrogen) atoms. The van der Waals surface area contributed by atoms with Crippen molar-refractivity contribution in [2.45, 2.75) is 18.9 Å². The third-order valence-corrected chi connectivity index (χ3v) is 3.38. The van der Waals surface area contributed by atoms with Crippen molar-refractivity contribution in [1.82, 2.24) is 9.78 Å². The zero-order chi connectivity index (χ0) is 12.6. The topological polar surface area (TPSA) is 78.0 Å². The number of sulfonamides is 1. The first kappa shape index (κ1) is 11.8. The minimum Gasteiger partial charge on any atom is -0.223 e. The van der Waals surface area contributed by atoms with Crippen LogP contribution < -0.4 is 5.14 Å². The van der Waals surface area contributed by atoms with Gasteiger partial charge < -0.3 is 0 Å². The summed E-state index contributed by atoms with van der Waals surface area (Å²) in [5.41, 5.74) is 2.68. The minimum atomic E-state index is -3.77. The molecular formula is C11H13N3O2S. The molecule has 0 spiro atoms. The number of aryl methyl sites for hydroxylation is 2. The Morgan fingerprint density at radius 3 is 2.59 bits per heavy atom. The molecule has 1 aromatic heterocycles. The van der Waals surface area contributed by atoms with E-state index in [0.29, 0.717) is 0 Å². The lowest BCUT2D eigenvalue weighted by atomic mass is 10.1. The summed E-state index contributed by atoms with van der Waals surface area (Å²) in [5.74, 6) is 0.